The Morgan fingerprint density at radius 2 is 1.82 bits per heavy atom. The summed E-state index contributed by atoms with van der Waals surface area (Å²) in [7, 11) is 1.96. The Morgan fingerprint density at radius 3 is 2.42 bits per heavy atom. The third-order valence-electron chi connectivity index (χ3n) is 5.45. The van der Waals surface area contributed by atoms with E-state index in [-0.39, 0.29) is 5.97 Å². The Hall–Kier alpha value is -2.99. The topological polar surface area (TPSA) is 56.6 Å². The molecule has 0 amide bonds. The number of halogens is 1. The lowest BCUT2D eigenvalue weighted by Crippen LogP contribution is -2.39. The number of hydrogen-bond donors (Lipinski definition) is 0. The molecule has 0 aliphatic rings. The highest BCUT2D eigenvalue weighted by Crippen LogP contribution is 2.28. The molecule has 0 aliphatic carbocycles. The number of esters is 1. The molecule has 176 valence electrons. The lowest BCUT2D eigenvalue weighted by molar-refractivity contribution is -0.158. The van der Waals surface area contributed by atoms with Gasteiger partial charge >= 0.3 is 5.97 Å². The maximum atomic E-state index is 12.2. The average Bonchev–Trinajstić information content (AvgIpc) is 3.15. The summed E-state index contributed by atoms with van der Waals surface area (Å²) >= 11 is 6.02. The standard InChI is InChI=1S/C26H32ClN3O3/c1-7-30(24-16-22(28-29(24)6)20-10-12-21(27)13-11-20)17-19-9-14-23(18(3)15-19)33-26(4,5)25(31)32-8-2/h9-16H,7-8,17H2,1-6H3. The summed E-state index contributed by atoms with van der Waals surface area (Å²) in [5.74, 6) is 1.33. The zero-order valence-corrected chi connectivity index (χ0v) is 20.9. The molecule has 7 heteroatoms. The molecule has 0 aliphatic heterocycles. The van der Waals surface area contributed by atoms with Gasteiger partial charge in [-0.2, -0.15) is 5.10 Å². The van der Waals surface area contributed by atoms with Crippen molar-refractivity contribution in [3.05, 3.63) is 64.7 Å². The number of nitrogens with zero attached hydrogens (tertiary/aromatic N) is 3. The molecule has 2 aromatic carbocycles. The summed E-state index contributed by atoms with van der Waals surface area (Å²) in [5, 5.41) is 5.40. The van der Waals surface area contributed by atoms with Crippen LogP contribution in [-0.4, -0.2) is 34.5 Å². The third-order valence-corrected chi connectivity index (χ3v) is 5.70. The van der Waals surface area contributed by atoms with Gasteiger partial charge in [0.15, 0.2) is 5.60 Å². The highest BCUT2D eigenvalue weighted by Gasteiger charge is 2.32. The monoisotopic (exact) mass is 469 g/mol. The molecule has 3 aromatic rings. The summed E-state index contributed by atoms with van der Waals surface area (Å²) in [5.41, 5.74) is 2.99. The Bertz CT molecular complexity index is 1110. The Kier molecular flexibility index (Phi) is 7.69. The number of aryl methyl sites for hydroxylation is 2. The predicted molar refractivity (Wildman–Crippen MR) is 133 cm³/mol. The first-order chi connectivity index (χ1) is 15.6. The van der Waals surface area contributed by atoms with E-state index in [1.807, 2.05) is 55.1 Å². The molecule has 0 spiro atoms. The molecule has 33 heavy (non-hydrogen) atoms. The number of carbonyl (C=O) groups excluding carboxylic acids is 1. The van der Waals surface area contributed by atoms with Crippen LogP contribution in [0.3, 0.4) is 0 Å². The maximum absolute atomic E-state index is 12.2. The molecule has 0 radical (unpaired) electrons. The zero-order chi connectivity index (χ0) is 24.2. The van der Waals surface area contributed by atoms with Crippen LogP contribution in [0.15, 0.2) is 48.5 Å². The van der Waals surface area contributed by atoms with Crippen molar-refractivity contribution in [3.8, 4) is 17.0 Å². The van der Waals surface area contributed by atoms with Gasteiger partial charge in [-0.1, -0.05) is 35.9 Å². The lowest BCUT2D eigenvalue weighted by atomic mass is 10.1. The molecule has 0 saturated heterocycles. The predicted octanol–water partition coefficient (Wildman–Crippen LogP) is 5.80. The van der Waals surface area contributed by atoms with Crippen molar-refractivity contribution in [2.75, 3.05) is 18.1 Å². The van der Waals surface area contributed by atoms with Gasteiger partial charge in [0.2, 0.25) is 0 Å². The van der Waals surface area contributed by atoms with Gasteiger partial charge in [-0.15, -0.1) is 0 Å². The zero-order valence-electron chi connectivity index (χ0n) is 20.2. The van der Waals surface area contributed by atoms with E-state index in [1.54, 1.807) is 20.8 Å². The fraction of sp³-hybridized carbons (Fsp3) is 0.385. The van der Waals surface area contributed by atoms with E-state index in [2.05, 4.69) is 24.0 Å². The summed E-state index contributed by atoms with van der Waals surface area (Å²) < 4.78 is 13.0. The molecule has 1 heterocycles. The highest BCUT2D eigenvalue weighted by molar-refractivity contribution is 6.30. The van der Waals surface area contributed by atoms with Crippen molar-refractivity contribution < 1.29 is 14.3 Å². The van der Waals surface area contributed by atoms with Crippen LogP contribution in [0.2, 0.25) is 5.02 Å². The van der Waals surface area contributed by atoms with E-state index in [1.165, 1.54) is 0 Å². The molecule has 0 saturated carbocycles. The van der Waals surface area contributed by atoms with Gasteiger partial charge in [-0.3, -0.25) is 4.68 Å². The van der Waals surface area contributed by atoms with Crippen LogP contribution in [0.25, 0.3) is 11.3 Å². The number of aromatic nitrogens is 2. The molecule has 6 nitrogen and oxygen atoms in total. The van der Waals surface area contributed by atoms with Crippen molar-refractivity contribution in [2.24, 2.45) is 7.05 Å². The van der Waals surface area contributed by atoms with E-state index >= 15 is 0 Å². The number of anilines is 1. The molecule has 3 rings (SSSR count). The first kappa shape index (κ1) is 24.6. The van der Waals surface area contributed by atoms with Crippen LogP contribution in [0.5, 0.6) is 5.75 Å². The second-order valence-electron chi connectivity index (χ2n) is 8.47. The summed E-state index contributed by atoms with van der Waals surface area (Å²) in [6.45, 7) is 11.2. The maximum Gasteiger partial charge on any atom is 0.349 e. The van der Waals surface area contributed by atoms with Crippen LogP contribution >= 0.6 is 11.6 Å². The second-order valence-corrected chi connectivity index (χ2v) is 8.90. The average molecular weight is 470 g/mol. The Morgan fingerprint density at radius 1 is 1.12 bits per heavy atom. The molecule has 0 N–H and O–H groups in total. The quantitative estimate of drug-likeness (QED) is 0.371. The fourth-order valence-electron chi connectivity index (χ4n) is 3.64. The second kappa shape index (κ2) is 10.3. The summed E-state index contributed by atoms with van der Waals surface area (Å²) in [6.07, 6.45) is 0. The van der Waals surface area contributed by atoms with Crippen molar-refractivity contribution in [1.29, 1.82) is 0 Å². The van der Waals surface area contributed by atoms with E-state index < -0.39 is 5.60 Å². The Labute approximate surface area is 201 Å². The van der Waals surface area contributed by atoms with Crippen LogP contribution < -0.4 is 9.64 Å². The van der Waals surface area contributed by atoms with Crippen LogP contribution in [0.1, 0.15) is 38.8 Å². The summed E-state index contributed by atoms with van der Waals surface area (Å²) in [4.78, 5) is 14.4. The molecule has 0 atom stereocenters. The van der Waals surface area contributed by atoms with Crippen molar-refractivity contribution in [3.63, 3.8) is 0 Å². The van der Waals surface area contributed by atoms with E-state index in [4.69, 9.17) is 26.2 Å². The van der Waals surface area contributed by atoms with Crippen molar-refractivity contribution in [1.82, 2.24) is 9.78 Å². The first-order valence-electron chi connectivity index (χ1n) is 11.1. The minimum atomic E-state index is -1.05. The smallest absolute Gasteiger partial charge is 0.349 e. The molecule has 0 bridgehead atoms. The minimum Gasteiger partial charge on any atom is -0.476 e. The summed E-state index contributed by atoms with van der Waals surface area (Å²) in [6, 6.07) is 15.8. The van der Waals surface area contributed by atoms with Crippen molar-refractivity contribution >= 4 is 23.4 Å². The number of ether oxygens (including phenoxy) is 2. The minimum absolute atomic E-state index is 0.324. The molecular weight excluding hydrogens is 438 g/mol. The molecule has 0 unspecified atom stereocenters. The van der Waals surface area contributed by atoms with E-state index in [0.717, 1.165) is 41.3 Å². The van der Waals surface area contributed by atoms with Gasteiger partial charge in [-0.05, 0) is 63.9 Å². The largest absolute Gasteiger partial charge is 0.476 e. The van der Waals surface area contributed by atoms with Gasteiger partial charge < -0.3 is 14.4 Å². The number of carbonyl (C=O) groups is 1. The van der Waals surface area contributed by atoms with Crippen LogP contribution in [0.4, 0.5) is 5.82 Å². The highest BCUT2D eigenvalue weighted by atomic mass is 35.5. The van der Waals surface area contributed by atoms with Gasteiger partial charge in [-0.25, -0.2) is 4.79 Å². The third kappa shape index (κ3) is 5.88. The SMILES string of the molecule is CCOC(=O)C(C)(C)Oc1ccc(CN(CC)c2cc(-c3ccc(Cl)cc3)nn2C)cc1C. The number of benzene rings is 2. The molecule has 1 aromatic heterocycles. The van der Waals surface area contributed by atoms with Gasteiger partial charge in [0.1, 0.15) is 11.6 Å². The number of hydrogen-bond acceptors (Lipinski definition) is 5. The van der Waals surface area contributed by atoms with Gasteiger partial charge in [0, 0.05) is 36.8 Å². The molecular formula is C26H32ClN3O3. The van der Waals surface area contributed by atoms with Crippen LogP contribution in [0, 0.1) is 6.92 Å². The lowest BCUT2D eigenvalue weighted by Gasteiger charge is -2.26. The van der Waals surface area contributed by atoms with Crippen LogP contribution in [-0.2, 0) is 23.1 Å². The van der Waals surface area contributed by atoms with E-state index in [0.29, 0.717) is 17.4 Å². The van der Waals surface area contributed by atoms with Crippen molar-refractivity contribution in [2.45, 2.75) is 46.8 Å². The normalized spacial score (nSPS) is 11.4. The van der Waals surface area contributed by atoms with E-state index in [9.17, 15) is 4.79 Å². The number of rotatable bonds is 9. The van der Waals surface area contributed by atoms with Gasteiger partial charge in [0.25, 0.3) is 0 Å². The molecule has 0 fully saturated rings. The fourth-order valence-corrected chi connectivity index (χ4v) is 3.76. The first-order valence-corrected chi connectivity index (χ1v) is 11.5. The Balaban J connectivity index is 1.77. The van der Waals surface area contributed by atoms with Gasteiger partial charge in [0.05, 0.1) is 12.3 Å².